The maximum atomic E-state index is 11.4. The molecule has 0 aliphatic rings. The molecular formula is C11H20N4O. The first-order chi connectivity index (χ1) is 7.61. The Morgan fingerprint density at radius 3 is 2.88 bits per heavy atom. The smallest absolute Gasteiger partial charge is 0.251 e. The van der Waals surface area contributed by atoms with E-state index < -0.39 is 0 Å². The molecule has 0 unspecified atom stereocenters. The van der Waals surface area contributed by atoms with Gasteiger partial charge in [0.05, 0.1) is 12.2 Å². The van der Waals surface area contributed by atoms with Crippen molar-refractivity contribution in [2.24, 2.45) is 0 Å². The van der Waals surface area contributed by atoms with Gasteiger partial charge >= 0.3 is 0 Å². The Morgan fingerprint density at radius 1 is 1.50 bits per heavy atom. The van der Waals surface area contributed by atoms with Crippen LogP contribution < -0.4 is 10.9 Å². The number of nitrogens with zero attached hydrogens (tertiary/aromatic N) is 2. The highest BCUT2D eigenvalue weighted by Gasteiger charge is 2.02. The summed E-state index contributed by atoms with van der Waals surface area (Å²) < 4.78 is 0. The number of H-pyrrole nitrogens is 1. The molecule has 0 atom stereocenters. The van der Waals surface area contributed by atoms with Gasteiger partial charge in [0, 0.05) is 12.6 Å². The van der Waals surface area contributed by atoms with Crippen molar-refractivity contribution in [2.45, 2.75) is 26.4 Å². The summed E-state index contributed by atoms with van der Waals surface area (Å²) >= 11 is 0. The monoisotopic (exact) mass is 224 g/mol. The average molecular weight is 224 g/mol. The third-order valence-corrected chi connectivity index (χ3v) is 2.04. The summed E-state index contributed by atoms with van der Waals surface area (Å²) in [7, 11) is 3.89. The van der Waals surface area contributed by atoms with Crippen LogP contribution in [0.5, 0.6) is 0 Å². The number of hydrogen-bond acceptors (Lipinski definition) is 4. The summed E-state index contributed by atoms with van der Waals surface area (Å²) in [5.74, 6) is 0.714. The molecule has 0 aliphatic carbocycles. The Bertz CT molecular complexity index is 372. The van der Waals surface area contributed by atoms with Crippen molar-refractivity contribution < 1.29 is 0 Å². The van der Waals surface area contributed by atoms with Crippen LogP contribution in [-0.2, 0) is 13.1 Å². The van der Waals surface area contributed by atoms with Gasteiger partial charge in [-0.05, 0) is 27.1 Å². The van der Waals surface area contributed by atoms with Crippen molar-refractivity contribution in [1.82, 2.24) is 20.2 Å². The lowest BCUT2D eigenvalue weighted by atomic mass is 10.3. The molecule has 0 amide bonds. The van der Waals surface area contributed by atoms with Gasteiger partial charge in [-0.1, -0.05) is 6.92 Å². The van der Waals surface area contributed by atoms with Crippen LogP contribution in [0.3, 0.4) is 0 Å². The third-order valence-electron chi connectivity index (χ3n) is 2.04. The molecule has 0 saturated carbocycles. The van der Waals surface area contributed by atoms with Crippen LogP contribution in [0.4, 0.5) is 0 Å². The van der Waals surface area contributed by atoms with E-state index in [-0.39, 0.29) is 5.56 Å². The van der Waals surface area contributed by atoms with Gasteiger partial charge in [-0.25, -0.2) is 4.98 Å². The van der Waals surface area contributed by atoms with Crippen molar-refractivity contribution in [2.75, 3.05) is 20.6 Å². The summed E-state index contributed by atoms with van der Waals surface area (Å²) in [4.78, 5) is 20.5. The highest BCUT2D eigenvalue weighted by molar-refractivity contribution is 5.02. The first-order valence-electron chi connectivity index (χ1n) is 5.56. The van der Waals surface area contributed by atoms with E-state index in [2.05, 4.69) is 22.2 Å². The molecule has 5 nitrogen and oxygen atoms in total. The molecule has 0 radical (unpaired) electrons. The zero-order valence-electron chi connectivity index (χ0n) is 10.2. The number of rotatable bonds is 6. The standard InChI is InChI=1S/C11H20N4O/c1-4-5-12-7-9-6-11(16)14-10(13-9)8-15(2)3/h6,12H,4-5,7-8H2,1-3H3,(H,13,14,16). The van der Waals surface area contributed by atoms with Crippen molar-refractivity contribution in [1.29, 1.82) is 0 Å². The maximum absolute atomic E-state index is 11.4. The van der Waals surface area contributed by atoms with Crippen molar-refractivity contribution in [3.63, 3.8) is 0 Å². The Labute approximate surface area is 95.9 Å². The summed E-state index contributed by atoms with van der Waals surface area (Å²) in [6, 6.07) is 1.54. The van der Waals surface area contributed by atoms with Gasteiger partial charge in [0.2, 0.25) is 0 Å². The van der Waals surface area contributed by atoms with E-state index in [9.17, 15) is 4.79 Å². The Kier molecular flexibility index (Phi) is 5.14. The normalized spacial score (nSPS) is 11.0. The Morgan fingerprint density at radius 2 is 2.25 bits per heavy atom. The summed E-state index contributed by atoms with van der Waals surface area (Å²) in [5.41, 5.74) is 0.717. The predicted molar refractivity (Wildman–Crippen MR) is 64.2 cm³/mol. The van der Waals surface area contributed by atoms with Gasteiger partial charge in [0.25, 0.3) is 5.56 Å². The molecule has 1 aromatic heterocycles. The topological polar surface area (TPSA) is 61.0 Å². The van der Waals surface area contributed by atoms with E-state index in [1.54, 1.807) is 6.07 Å². The number of aromatic nitrogens is 2. The van der Waals surface area contributed by atoms with Crippen LogP contribution in [0.25, 0.3) is 0 Å². The lowest BCUT2D eigenvalue weighted by molar-refractivity contribution is 0.388. The molecule has 0 aromatic carbocycles. The van der Waals surface area contributed by atoms with Crippen molar-refractivity contribution >= 4 is 0 Å². The lowest BCUT2D eigenvalue weighted by Gasteiger charge is -2.09. The van der Waals surface area contributed by atoms with Gasteiger partial charge < -0.3 is 15.2 Å². The zero-order valence-corrected chi connectivity index (χ0v) is 10.2. The second-order valence-corrected chi connectivity index (χ2v) is 4.10. The van der Waals surface area contributed by atoms with Gasteiger partial charge in [0.1, 0.15) is 5.82 Å². The van der Waals surface area contributed by atoms with Crippen LogP contribution in [0.15, 0.2) is 10.9 Å². The summed E-state index contributed by atoms with van der Waals surface area (Å²) in [5, 5.41) is 3.23. The summed E-state index contributed by atoms with van der Waals surface area (Å²) in [6.07, 6.45) is 1.08. The van der Waals surface area contributed by atoms with Crippen LogP contribution in [0.1, 0.15) is 24.9 Å². The molecular weight excluding hydrogens is 204 g/mol. The quantitative estimate of drug-likeness (QED) is 0.684. The lowest BCUT2D eigenvalue weighted by Crippen LogP contribution is -2.22. The minimum Gasteiger partial charge on any atom is -0.311 e. The minimum atomic E-state index is -0.0832. The number of nitrogens with one attached hydrogen (secondary N) is 2. The highest BCUT2D eigenvalue weighted by atomic mass is 16.1. The second kappa shape index (κ2) is 6.40. The maximum Gasteiger partial charge on any atom is 0.251 e. The van der Waals surface area contributed by atoms with E-state index >= 15 is 0 Å². The van der Waals surface area contributed by atoms with Gasteiger partial charge in [-0.2, -0.15) is 0 Å². The molecule has 16 heavy (non-hydrogen) atoms. The largest absolute Gasteiger partial charge is 0.311 e. The second-order valence-electron chi connectivity index (χ2n) is 4.10. The average Bonchev–Trinajstić information content (AvgIpc) is 2.16. The van der Waals surface area contributed by atoms with Crippen LogP contribution in [0, 0.1) is 0 Å². The van der Waals surface area contributed by atoms with Crippen LogP contribution in [0.2, 0.25) is 0 Å². The number of aromatic amines is 1. The first-order valence-corrected chi connectivity index (χ1v) is 5.56. The highest BCUT2D eigenvalue weighted by Crippen LogP contribution is 1.94. The fraction of sp³-hybridized carbons (Fsp3) is 0.636. The zero-order chi connectivity index (χ0) is 12.0. The van der Waals surface area contributed by atoms with Gasteiger partial charge in [-0.3, -0.25) is 4.79 Å². The van der Waals surface area contributed by atoms with E-state index in [1.807, 2.05) is 19.0 Å². The minimum absolute atomic E-state index is 0.0832. The van der Waals surface area contributed by atoms with E-state index in [0.717, 1.165) is 18.7 Å². The van der Waals surface area contributed by atoms with Crippen molar-refractivity contribution in [3.8, 4) is 0 Å². The Balaban J connectivity index is 2.69. The first kappa shape index (κ1) is 12.9. The molecule has 1 heterocycles. The Hall–Kier alpha value is -1.20. The molecule has 0 aliphatic heterocycles. The molecule has 5 heteroatoms. The molecule has 0 saturated heterocycles. The van der Waals surface area contributed by atoms with E-state index in [1.165, 1.54) is 0 Å². The third kappa shape index (κ3) is 4.55. The molecule has 0 bridgehead atoms. The van der Waals surface area contributed by atoms with Gasteiger partial charge in [-0.15, -0.1) is 0 Å². The fourth-order valence-corrected chi connectivity index (χ4v) is 1.42. The van der Waals surface area contributed by atoms with Crippen LogP contribution in [-0.4, -0.2) is 35.5 Å². The van der Waals surface area contributed by atoms with Gasteiger partial charge in [0.15, 0.2) is 0 Å². The van der Waals surface area contributed by atoms with Crippen LogP contribution >= 0.6 is 0 Å². The van der Waals surface area contributed by atoms with E-state index in [0.29, 0.717) is 18.9 Å². The van der Waals surface area contributed by atoms with Crippen molar-refractivity contribution in [3.05, 3.63) is 27.9 Å². The molecule has 0 fully saturated rings. The molecule has 1 rings (SSSR count). The SMILES string of the molecule is CCCNCc1cc(=O)[nH]c(CN(C)C)n1. The predicted octanol–water partition coefficient (Wildman–Crippen LogP) is 0.331. The van der Waals surface area contributed by atoms with E-state index in [4.69, 9.17) is 0 Å². The summed E-state index contributed by atoms with van der Waals surface area (Å²) in [6.45, 7) is 4.35. The molecule has 0 spiro atoms. The molecule has 1 aromatic rings. The molecule has 2 N–H and O–H groups in total. The number of hydrogen-bond donors (Lipinski definition) is 2. The fourth-order valence-electron chi connectivity index (χ4n) is 1.42. The molecule has 90 valence electrons.